The third-order valence-electron chi connectivity index (χ3n) is 5.68. The highest BCUT2D eigenvalue weighted by atomic mass is 32.2. The zero-order valence-electron chi connectivity index (χ0n) is 22.4. The van der Waals surface area contributed by atoms with E-state index in [0.29, 0.717) is 32.3 Å². The Labute approximate surface area is 250 Å². The van der Waals surface area contributed by atoms with Gasteiger partial charge in [-0.1, -0.05) is 60.7 Å². The normalized spacial score (nSPS) is 10.6. The van der Waals surface area contributed by atoms with Gasteiger partial charge in [0.25, 0.3) is 0 Å². The van der Waals surface area contributed by atoms with Gasteiger partial charge in [0.05, 0.1) is 24.7 Å². The highest BCUT2D eigenvalue weighted by Crippen LogP contribution is 2.37. The Balaban J connectivity index is 1.39. The van der Waals surface area contributed by atoms with Gasteiger partial charge in [-0.3, -0.25) is 9.59 Å². The van der Waals surface area contributed by atoms with Crippen molar-refractivity contribution in [1.82, 2.24) is 0 Å². The van der Waals surface area contributed by atoms with Gasteiger partial charge < -0.3 is 20.1 Å². The maximum Gasteiger partial charge on any atom is 0.341 e. The lowest BCUT2D eigenvalue weighted by Crippen LogP contribution is -2.20. The van der Waals surface area contributed by atoms with Crippen LogP contribution in [-0.4, -0.2) is 48.5 Å². The number of ether oxygens (including phenoxy) is 2. The number of esters is 2. The molecule has 212 valence electrons. The molecule has 0 aliphatic heterocycles. The lowest BCUT2D eigenvalue weighted by atomic mass is 10.0. The molecule has 4 aromatic rings. The minimum Gasteiger partial charge on any atom is -0.462 e. The first-order valence-electron chi connectivity index (χ1n) is 12.8. The number of thioether (sulfide) groups is 1. The predicted molar refractivity (Wildman–Crippen MR) is 166 cm³/mol. The number of amides is 2. The van der Waals surface area contributed by atoms with E-state index in [0.717, 1.165) is 22.9 Å². The third kappa shape index (κ3) is 7.63. The Bertz CT molecular complexity index is 1400. The molecule has 2 aromatic carbocycles. The SMILES string of the molecule is CCOC(=O)c1c(-c2ccccc2)csc1NC(=O)CSCC(=O)Nc1scc(-c2ccccc2)c1C(=O)OCC. The standard InChI is InChI=1S/C30H28N2O6S3/c1-3-37-29(35)25-21(19-11-7-5-8-12-19)15-40-27(25)31-23(33)17-39-18-24(34)32-28-26(30(36)38-4-2)22(16-41-28)20-13-9-6-10-14-20/h5-16H,3-4,17-18H2,1-2H3,(H,31,33)(H,32,34). The topological polar surface area (TPSA) is 111 Å². The molecule has 11 heteroatoms. The van der Waals surface area contributed by atoms with Crippen molar-refractivity contribution >= 4 is 68.2 Å². The number of rotatable bonds is 12. The monoisotopic (exact) mass is 608 g/mol. The molecular formula is C30H28N2O6S3. The Morgan fingerprint density at radius 3 is 1.41 bits per heavy atom. The van der Waals surface area contributed by atoms with Gasteiger partial charge in [-0.2, -0.15) is 0 Å². The van der Waals surface area contributed by atoms with Crippen molar-refractivity contribution in [2.45, 2.75) is 13.8 Å². The summed E-state index contributed by atoms with van der Waals surface area (Å²) in [4.78, 5) is 50.9. The molecule has 0 saturated heterocycles. The van der Waals surface area contributed by atoms with E-state index in [9.17, 15) is 19.2 Å². The molecule has 41 heavy (non-hydrogen) atoms. The van der Waals surface area contributed by atoms with E-state index in [2.05, 4.69) is 10.6 Å². The fraction of sp³-hybridized carbons (Fsp3) is 0.200. The van der Waals surface area contributed by atoms with Crippen molar-refractivity contribution in [3.63, 3.8) is 0 Å². The molecular weight excluding hydrogens is 581 g/mol. The first-order valence-corrected chi connectivity index (χ1v) is 15.7. The summed E-state index contributed by atoms with van der Waals surface area (Å²) < 4.78 is 10.5. The van der Waals surface area contributed by atoms with Crippen LogP contribution in [0, 0.1) is 0 Å². The molecule has 0 aliphatic rings. The van der Waals surface area contributed by atoms with Gasteiger partial charge in [-0.05, 0) is 25.0 Å². The van der Waals surface area contributed by atoms with Crippen LogP contribution in [-0.2, 0) is 19.1 Å². The van der Waals surface area contributed by atoms with Gasteiger partial charge in [0, 0.05) is 21.9 Å². The van der Waals surface area contributed by atoms with Crippen LogP contribution in [0.25, 0.3) is 22.3 Å². The second kappa shape index (κ2) is 14.6. The minimum atomic E-state index is -0.516. The van der Waals surface area contributed by atoms with Gasteiger partial charge in [-0.25, -0.2) is 9.59 Å². The van der Waals surface area contributed by atoms with E-state index in [4.69, 9.17) is 9.47 Å². The molecule has 0 aliphatic carbocycles. The van der Waals surface area contributed by atoms with Crippen molar-refractivity contribution in [2.75, 3.05) is 35.4 Å². The Morgan fingerprint density at radius 1 is 0.659 bits per heavy atom. The number of hydrogen-bond acceptors (Lipinski definition) is 9. The number of carbonyl (C=O) groups excluding carboxylic acids is 4. The zero-order chi connectivity index (χ0) is 29.2. The summed E-state index contributed by atoms with van der Waals surface area (Å²) in [7, 11) is 0. The van der Waals surface area contributed by atoms with Crippen LogP contribution in [0.2, 0.25) is 0 Å². The molecule has 2 amide bonds. The smallest absolute Gasteiger partial charge is 0.341 e. The maximum atomic E-state index is 12.7. The molecule has 2 aromatic heterocycles. The molecule has 0 saturated carbocycles. The molecule has 0 fully saturated rings. The summed E-state index contributed by atoms with van der Waals surface area (Å²) in [6, 6.07) is 18.8. The Hall–Kier alpha value is -3.93. The van der Waals surface area contributed by atoms with E-state index in [1.54, 1.807) is 13.8 Å². The average Bonchev–Trinajstić information content (AvgIpc) is 3.58. The second-order valence-corrected chi connectivity index (χ2v) is 11.2. The molecule has 8 nitrogen and oxygen atoms in total. The number of nitrogens with one attached hydrogen (secondary N) is 2. The van der Waals surface area contributed by atoms with E-state index in [-0.39, 0.29) is 36.5 Å². The van der Waals surface area contributed by atoms with Crippen molar-refractivity contribution in [3.8, 4) is 22.3 Å². The van der Waals surface area contributed by atoms with Gasteiger partial charge in [0.1, 0.15) is 21.1 Å². The van der Waals surface area contributed by atoms with Crippen molar-refractivity contribution < 1.29 is 28.7 Å². The fourth-order valence-corrected chi connectivity index (χ4v) is 6.50. The summed E-state index contributed by atoms with van der Waals surface area (Å²) >= 11 is 3.60. The number of hydrogen-bond donors (Lipinski definition) is 2. The number of thiophene rings is 2. The third-order valence-corrected chi connectivity index (χ3v) is 8.41. The molecule has 0 radical (unpaired) electrons. The van der Waals surface area contributed by atoms with Gasteiger partial charge >= 0.3 is 11.9 Å². The van der Waals surface area contributed by atoms with Crippen molar-refractivity contribution in [1.29, 1.82) is 0 Å². The van der Waals surface area contributed by atoms with Crippen molar-refractivity contribution in [3.05, 3.63) is 82.6 Å². The van der Waals surface area contributed by atoms with Crippen LogP contribution in [0.5, 0.6) is 0 Å². The predicted octanol–water partition coefficient (Wildman–Crippen LogP) is 6.81. The number of anilines is 2. The maximum absolute atomic E-state index is 12.7. The lowest BCUT2D eigenvalue weighted by Gasteiger charge is -2.10. The number of benzene rings is 2. The highest BCUT2D eigenvalue weighted by Gasteiger charge is 2.24. The van der Waals surface area contributed by atoms with E-state index in [1.807, 2.05) is 71.4 Å². The van der Waals surface area contributed by atoms with Crippen molar-refractivity contribution in [2.24, 2.45) is 0 Å². The number of carbonyl (C=O) groups is 4. The molecule has 4 rings (SSSR count). The quantitative estimate of drug-likeness (QED) is 0.170. The lowest BCUT2D eigenvalue weighted by molar-refractivity contribution is -0.114. The highest BCUT2D eigenvalue weighted by molar-refractivity contribution is 8.00. The summed E-state index contributed by atoms with van der Waals surface area (Å²) in [6.45, 7) is 3.86. The molecule has 0 atom stereocenters. The van der Waals surface area contributed by atoms with Crippen LogP contribution in [0.3, 0.4) is 0 Å². The second-order valence-electron chi connectivity index (χ2n) is 8.47. The van der Waals surface area contributed by atoms with Gasteiger partial charge in [0.2, 0.25) is 11.8 Å². The van der Waals surface area contributed by atoms with Crippen LogP contribution in [0.4, 0.5) is 10.0 Å². The van der Waals surface area contributed by atoms with Crippen LogP contribution >= 0.6 is 34.4 Å². The minimum absolute atomic E-state index is 0.0152. The molecule has 2 heterocycles. The first kappa shape index (κ1) is 30.0. The molecule has 0 unspecified atom stereocenters. The first-order chi connectivity index (χ1) is 19.9. The van der Waals surface area contributed by atoms with Gasteiger partial charge in [-0.15, -0.1) is 34.4 Å². The van der Waals surface area contributed by atoms with Crippen LogP contribution in [0.15, 0.2) is 71.4 Å². The summed E-state index contributed by atoms with van der Waals surface area (Å²) in [6.07, 6.45) is 0. The molecule has 0 spiro atoms. The Kier molecular flexibility index (Phi) is 10.7. The zero-order valence-corrected chi connectivity index (χ0v) is 24.9. The molecule has 2 N–H and O–H groups in total. The van der Waals surface area contributed by atoms with E-state index < -0.39 is 11.9 Å². The largest absolute Gasteiger partial charge is 0.462 e. The summed E-state index contributed by atoms with van der Waals surface area (Å²) in [5.74, 6) is -1.78. The summed E-state index contributed by atoms with van der Waals surface area (Å²) in [5, 5.41) is 9.98. The van der Waals surface area contributed by atoms with Gasteiger partial charge in [0.15, 0.2) is 0 Å². The Morgan fingerprint density at radius 2 is 1.05 bits per heavy atom. The van der Waals surface area contributed by atoms with E-state index >= 15 is 0 Å². The fourth-order valence-electron chi connectivity index (χ4n) is 3.93. The van der Waals surface area contributed by atoms with Crippen LogP contribution in [0.1, 0.15) is 34.6 Å². The average molecular weight is 609 g/mol. The van der Waals surface area contributed by atoms with Crippen LogP contribution < -0.4 is 10.6 Å². The summed E-state index contributed by atoms with van der Waals surface area (Å²) in [5.41, 5.74) is 3.64. The molecule has 0 bridgehead atoms. The van der Waals surface area contributed by atoms with E-state index in [1.165, 1.54) is 22.7 Å².